The van der Waals surface area contributed by atoms with Crippen LogP contribution in [-0.4, -0.2) is 12.6 Å². The molecule has 0 radical (unpaired) electrons. The molecule has 27 heavy (non-hydrogen) atoms. The molecule has 0 N–H and O–H groups in total. The number of allylic oxidation sites excluding steroid dienone is 1. The Kier molecular flexibility index (Phi) is 4.54. The number of ether oxygens (including phenoxy) is 1. The molecule has 0 bridgehead atoms. The highest BCUT2D eigenvalue weighted by atomic mass is 32.2. The van der Waals surface area contributed by atoms with Gasteiger partial charge in [-0.3, -0.25) is 4.79 Å². The summed E-state index contributed by atoms with van der Waals surface area (Å²) < 4.78 is 44.7. The second kappa shape index (κ2) is 6.75. The molecule has 4 rings (SSSR count). The van der Waals surface area contributed by atoms with Crippen molar-refractivity contribution in [2.24, 2.45) is 11.8 Å². The predicted octanol–water partition coefficient (Wildman–Crippen LogP) is 5.80. The van der Waals surface area contributed by atoms with E-state index in [2.05, 4.69) is 0 Å². The first-order valence-electron chi connectivity index (χ1n) is 8.76. The molecule has 2 aliphatic rings. The van der Waals surface area contributed by atoms with E-state index >= 15 is 0 Å². The molecule has 2 nitrogen and oxygen atoms in total. The van der Waals surface area contributed by atoms with Gasteiger partial charge in [-0.1, -0.05) is 36.0 Å². The Morgan fingerprint density at radius 2 is 1.93 bits per heavy atom. The predicted molar refractivity (Wildman–Crippen MR) is 97.3 cm³/mol. The van der Waals surface area contributed by atoms with Crippen molar-refractivity contribution in [3.05, 3.63) is 65.2 Å². The second-order valence-electron chi connectivity index (χ2n) is 6.65. The number of carbonyl (C=O) groups excluding carboxylic acids is 1. The molecule has 1 fully saturated rings. The van der Waals surface area contributed by atoms with Crippen LogP contribution in [0.15, 0.2) is 58.3 Å². The van der Waals surface area contributed by atoms with E-state index < -0.39 is 11.7 Å². The molecule has 140 valence electrons. The van der Waals surface area contributed by atoms with Gasteiger partial charge in [-0.2, -0.15) is 13.2 Å². The molecule has 0 aromatic heterocycles. The van der Waals surface area contributed by atoms with E-state index in [-0.39, 0.29) is 17.8 Å². The van der Waals surface area contributed by atoms with Crippen LogP contribution in [0.5, 0.6) is 0 Å². The Hall–Kier alpha value is -2.21. The maximum atomic E-state index is 13.2. The zero-order valence-electron chi connectivity index (χ0n) is 14.5. The van der Waals surface area contributed by atoms with Gasteiger partial charge in [0.1, 0.15) is 0 Å². The summed E-state index contributed by atoms with van der Waals surface area (Å²) in [6, 6.07) is 11.5. The van der Waals surface area contributed by atoms with Crippen molar-refractivity contribution >= 4 is 23.3 Å². The molecule has 2 atom stereocenters. The van der Waals surface area contributed by atoms with E-state index in [0.29, 0.717) is 18.6 Å². The van der Waals surface area contributed by atoms with Gasteiger partial charge in [-0.05, 0) is 60.2 Å². The fourth-order valence-electron chi connectivity index (χ4n) is 3.36. The van der Waals surface area contributed by atoms with Crippen LogP contribution in [0.2, 0.25) is 0 Å². The van der Waals surface area contributed by atoms with Crippen LogP contribution < -0.4 is 0 Å². The largest absolute Gasteiger partial charge is 0.466 e. The molecule has 0 amide bonds. The minimum absolute atomic E-state index is 0.00222. The average Bonchev–Trinajstić information content (AvgIpc) is 3.40. The van der Waals surface area contributed by atoms with Crippen LogP contribution >= 0.6 is 11.8 Å². The van der Waals surface area contributed by atoms with E-state index in [0.717, 1.165) is 27.0 Å². The molecular weight excluding hydrogens is 373 g/mol. The van der Waals surface area contributed by atoms with Crippen molar-refractivity contribution in [2.75, 3.05) is 6.61 Å². The average molecular weight is 390 g/mol. The molecule has 1 aliphatic heterocycles. The van der Waals surface area contributed by atoms with Crippen molar-refractivity contribution in [3.63, 3.8) is 0 Å². The zero-order valence-corrected chi connectivity index (χ0v) is 15.4. The molecule has 1 heterocycles. The Labute approximate surface area is 159 Å². The van der Waals surface area contributed by atoms with Crippen LogP contribution in [0.25, 0.3) is 5.57 Å². The number of hydrogen-bond donors (Lipinski definition) is 0. The number of fused-ring (bicyclic) bond motifs is 2. The maximum absolute atomic E-state index is 13.2. The van der Waals surface area contributed by atoms with E-state index in [9.17, 15) is 18.0 Å². The first-order chi connectivity index (χ1) is 12.9. The van der Waals surface area contributed by atoms with Gasteiger partial charge in [0.05, 0.1) is 18.1 Å². The Balaban J connectivity index is 1.77. The monoisotopic (exact) mass is 390 g/mol. The van der Waals surface area contributed by atoms with E-state index in [1.54, 1.807) is 6.92 Å². The van der Waals surface area contributed by atoms with Crippen LogP contribution in [0.4, 0.5) is 13.2 Å². The highest BCUT2D eigenvalue weighted by molar-refractivity contribution is 7.99. The number of carbonyl (C=O) groups is 1. The zero-order chi connectivity index (χ0) is 19.2. The molecule has 6 heteroatoms. The van der Waals surface area contributed by atoms with E-state index in [4.69, 9.17) is 4.74 Å². The summed E-state index contributed by atoms with van der Waals surface area (Å²) >= 11 is 1.47. The molecule has 0 spiro atoms. The Morgan fingerprint density at radius 1 is 1.19 bits per heavy atom. The summed E-state index contributed by atoms with van der Waals surface area (Å²) in [5.74, 6) is -0.437. The molecule has 2 unspecified atom stereocenters. The summed E-state index contributed by atoms with van der Waals surface area (Å²) in [6.07, 6.45) is -1.78. The third-order valence-corrected chi connectivity index (χ3v) is 5.96. The summed E-state index contributed by atoms with van der Waals surface area (Å²) in [5, 5.41) is 0. The number of rotatable bonds is 3. The molecule has 2 aromatic carbocycles. The standard InChI is InChI=1S/C21H17F3O2S/c1-2-26-20(25)15-9-12(15)10-16-14-5-3-4-6-18(14)27-19-8-7-13(11-17(16)19)21(22,23)24/h3-8,10-12,15H,2,9H2,1H3. The normalized spacial score (nSPS) is 22.1. The number of halogens is 3. The smallest absolute Gasteiger partial charge is 0.416 e. The van der Waals surface area contributed by atoms with Crippen molar-refractivity contribution < 1.29 is 22.7 Å². The van der Waals surface area contributed by atoms with Gasteiger partial charge >= 0.3 is 12.1 Å². The van der Waals surface area contributed by atoms with Gasteiger partial charge in [0.2, 0.25) is 0 Å². The van der Waals surface area contributed by atoms with Crippen molar-refractivity contribution in [2.45, 2.75) is 29.3 Å². The lowest BCUT2D eigenvalue weighted by atomic mass is 9.94. The molecule has 0 saturated heterocycles. The van der Waals surface area contributed by atoms with Gasteiger partial charge < -0.3 is 4.74 Å². The molecular formula is C21H17F3O2S. The first-order valence-corrected chi connectivity index (χ1v) is 9.57. The highest BCUT2D eigenvalue weighted by Gasteiger charge is 2.43. The van der Waals surface area contributed by atoms with E-state index in [1.165, 1.54) is 23.9 Å². The van der Waals surface area contributed by atoms with Crippen LogP contribution in [0, 0.1) is 11.8 Å². The van der Waals surface area contributed by atoms with Crippen molar-refractivity contribution in [1.29, 1.82) is 0 Å². The SMILES string of the molecule is CCOC(=O)C1CC1C=C1c2ccccc2Sc2ccc(C(F)(F)F)cc21. The van der Waals surface area contributed by atoms with Crippen LogP contribution in [0.1, 0.15) is 30.0 Å². The summed E-state index contributed by atoms with van der Waals surface area (Å²) in [6.45, 7) is 2.09. The van der Waals surface area contributed by atoms with Gasteiger partial charge in [-0.15, -0.1) is 0 Å². The summed E-state index contributed by atoms with van der Waals surface area (Å²) in [7, 11) is 0. The minimum atomic E-state index is -4.39. The van der Waals surface area contributed by atoms with Crippen LogP contribution in [0.3, 0.4) is 0 Å². The Bertz CT molecular complexity index is 933. The Morgan fingerprint density at radius 3 is 2.67 bits per heavy atom. The number of alkyl halides is 3. The fourth-order valence-corrected chi connectivity index (χ4v) is 4.45. The topological polar surface area (TPSA) is 26.3 Å². The van der Waals surface area contributed by atoms with Gasteiger partial charge in [0.15, 0.2) is 0 Å². The highest BCUT2D eigenvalue weighted by Crippen LogP contribution is 2.50. The fraction of sp³-hybridized carbons (Fsp3) is 0.286. The third kappa shape index (κ3) is 3.50. The van der Waals surface area contributed by atoms with Gasteiger partial charge in [0.25, 0.3) is 0 Å². The third-order valence-electron chi connectivity index (χ3n) is 4.80. The summed E-state index contributed by atoms with van der Waals surface area (Å²) in [4.78, 5) is 13.7. The van der Waals surface area contributed by atoms with Gasteiger partial charge in [-0.25, -0.2) is 0 Å². The van der Waals surface area contributed by atoms with Crippen molar-refractivity contribution in [3.8, 4) is 0 Å². The molecule has 1 saturated carbocycles. The summed E-state index contributed by atoms with van der Waals surface area (Å²) in [5.41, 5.74) is 1.58. The maximum Gasteiger partial charge on any atom is 0.416 e. The first kappa shape index (κ1) is 18.2. The quantitative estimate of drug-likeness (QED) is 0.529. The van der Waals surface area contributed by atoms with Crippen molar-refractivity contribution in [1.82, 2.24) is 0 Å². The lowest BCUT2D eigenvalue weighted by Crippen LogP contribution is -2.09. The number of esters is 1. The van der Waals surface area contributed by atoms with Gasteiger partial charge in [0, 0.05) is 9.79 Å². The van der Waals surface area contributed by atoms with E-state index in [1.807, 2.05) is 30.3 Å². The molecule has 2 aromatic rings. The van der Waals surface area contributed by atoms with Crippen LogP contribution in [-0.2, 0) is 15.7 Å². The second-order valence-corrected chi connectivity index (χ2v) is 7.73. The number of benzene rings is 2. The lowest BCUT2D eigenvalue weighted by molar-refractivity contribution is -0.144. The minimum Gasteiger partial charge on any atom is -0.466 e. The lowest BCUT2D eigenvalue weighted by Gasteiger charge is -2.23. The number of hydrogen-bond acceptors (Lipinski definition) is 3. The molecule has 1 aliphatic carbocycles.